The fraction of sp³-hybridized carbons (Fsp3) is 1.00. The van der Waals surface area contributed by atoms with Crippen LogP contribution in [0.15, 0.2) is 0 Å². The first-order chi connectivity index (χ1) is 7.94. The van der Waals surface area contributed by atoms with E-state index in [1.807, 2.05) is 0 Å². The van der Waals surface area contributed by atoms with Gasteiger partial charge in [0, 0.05) is 5.92 Å². The lowest BCUT2D eigenvalue weighted by atomic mass is 9.71. The van der Waals surface area contributed by atoms with Crippen LogP contribution in [-0.2, 0) is 0 Å². The molecule has 2 rings (SSSR count). The van der Waals surface area contributed by atoms with Gasteiger partial charge >= 0.3 is 6.18 Å². The molecule has 0 heterocycles. The van der Waals surface area contributed by atoms with Gasteiger partial charge in [-0.05, 0) is 38.0 Å². The average Bonchev–Trinajstić information content (AvgIpc) is 2.67. The topological polar surface area (TPSA) is 0 Å². The van der Waals surface area contributed by atoms with Crippen molar-refractivity contribution in [1.82, 2.24) is 0 Å². The molecule has 0 N–H and O–H groups in total. The Hall–Kier alpha value is -0.350. The number of rotatable bonds is 0. The summed E-state index contributed by atoms with van der Waals surface area (Å²) in [6.45, 7) is 7.18. The minimum absolute atomic E-state index is 0.0308. The van der Waals surface area contributed by atoms with Crippen molar-refractivity contribution >= 4 is 0 Å². The Morgan fingerprint density at radius 1 is 1.00 bits per heavy atom. The van der Waals surface area contributed by atoms with E-state index in [4.69, 9.17) is 0 Å². The highest BCUT2D eigenvalue weighted by Gasteiger charge is 2.77. The summed E-state index contributed by atoms with van der Waals surface area (Å²) < 4.78 is 64.8. The highest BCUT2D eigenvalue weighted by atomic mass is 19.4. The summed E-state index contributed by atoms with van der Waals surface area (Å²) >= 11 is 0. The first-order valence-corrected chi connectivity index (χ1v) is 6.39. The second kappa shape index (κ2) is 4.64. The van der Waals surface area contributed by atoms with Crippen molar-refractivity contribution in [3.8, 4) is 0 Å². The first kappa shape index (κ1) is 15.7. The molecule has 0 aromatic heterocycles. The van der Waals surface area contributed by atoms with Crippen LogP contribution >= 0.6 is 0 Å². The third kappa shape index (κ3) is 2.25. The van der Waals surface area contributed by atoms with E-state index in [1.54, 1.807) is 0 Å². The van der Waals surface area contributed by atoms with E-state index in [9.17, 15) is 22.0 Å². The van der Waals surface area contributed by atoms with Crippen molar-refractivity contribution in [3.05, 3.63) is 0 Å². The second-order valence-electron chi connectivity index (χ2n) is 6.26. The van der Waals surface area contributed by atoms with Gasteiger partial charge in [0.15, 0.2) is 0 Å². The van der Waals surface area contributed by atoms with Crippen LogP contribution in [0, 0.1) is 23.2 Å². The highest BCUT2D eigenvalue weighted by Crippen LogP contribution is 2.69. The first-order valence-electron chi connectivity index (χ1n) is 6.39. The van der Waals surface area contributed by atoms with Gasteiger partial charge in [-0.15, -0.1) is 0 Å². The van der Waals surface area contributed by atoms with E-state index in [0.717, 1.165) is 5.92 Å². The van der Waals surface area contributed by atoms with E-state index in [1.165, 1.54) is 0 Å². The molecule has 3 unspecified atom stereocenters. The lowest BCUT2D eigenvalue weighted by molar-refractivity contribution is -0.308. The SMILES string of the molecule is CC(C)C.CC1(C(F)(F)F)C2CCC(C2)C1(F)F. The molecule has 0 aromatic carbocycles. The molecule has 2 saturated carbocycles. The van der Waals surface area contributed by atoms with E-state index in [0.29, 0.717) is 6.92 Å². The average molecular weight is 272 g/mol. The maximum Gasteiger partial charge on any atom is 0.400 e. The number of alkyl halides is 5. The molecule has 108 valence electrons. The van der Waals surface area contributed by atoms with Gasteiger partial charge in [-0.1, -0.05) is 20.8 Å². The Kier molecular flexibility index (Phi) is 4.05. The van der Waals surface area contributed by atoms with Crippen molar-refractivity contribution in [3.63, 3.8) is 0 Å². The normalized spacial score (nSPS) is 37.7. The van der Waals surface area contributed by atoms with Crippen molar-refractivity contribution in [2.75, 3.05) is 0 Å². The molecule has 2 fully saturated rings. The van der Waals surface area contributed by atoms with Crippen LogP contribution in [0.4, 0.5) is 22.0 Å². The number of fused-ring (bicyclic) bond motifs is 2. The summed E-state index contributed by atoms with van der Waals surface area (Å²) in [4.78, 5) is 0. The number of halogens is 5. The monoisotopic (exact) mass is 272 g/mol. The Labute approximate surface area is 105 Å². The molecule has 0 amide bonds. The molecule has 18 heavy (non-hydrogen) atoms. The standard InChI is InChI=1S/C9H11F5.C4H10/c1-7(9(12,13)14)5-2-3-6(4-5)8(7,10)11;1-4(2)3/h5-6H,2-4H2,1H3;4H,1-3H3. The van der Waals surface area contributed by atoms with E-state index < -0.39 is 29.3 Å². The molecular formula is C13H21F5. The maximum absolute atomic E-state index is 13.5. The van der Waals surface area contributed by atoms with E-state index in [2.05, 4.69) is 20.8 Å². The van der Waals surface area contributed by atoms with Crippen molar-refractivity contribution in [2.24, 2.45) is 23.2 Å². The predicted octanol–water partition coefficient (Wildman–Crippen LogP) is 5.28. The van der Waals surface area contributed by atoms with Gasteiger partial charge in [0.2, 0.25) is 0 Å². The van der Waals surface area contributed by atoms with Crippen LogP contribution in [0.3, 0.4) is 0 Å². The van der Waals surface area contributed by atoms with Crippen molar-refractivity contribution in [2.45, 2.75) is 59.1 Å². The fourth-order valence-corrected chi connectivity index (χ4v) is 2.95. The number of hydrogen-bond acceptors (Lipinski definition) is 0. The van der Waals surface area contributed by atoms with Crippen LogP contribution in [0.1, 0.15) is 47.0 Å². The molecule has 0 aliphatic heterocycles. The van der Waals surface area contributed by atoms with Crippen molar-refractivity contribution in [1.29, 1.82) is 0 Å². The summed E-state index contributed by atoms with van der Waals surface area (Å²) in [6, 6.07) is 0. The van der Waals surface area contributed by atoms with Crippen LogP contribution < -0.4 is 0 Å². The molecule has 0 saturated heterocycles. The quantitative estimate of drug-likeness (QED) is 0.526. The zero-order chi connectivity index (χ0) is 14.4. The van der Waals surface area contributed by atoms with Gasteiger partial charge in [0.1, 0.15) is 5.41 Å². The third-order valence-corrected chi connectivity index (χ3v) is 4.04. The molecule has 2 bridgehead atoms. The zero-order valence-electron chi connectivity index (χ0n) is 11.2. The minimum Gasteiger partial charge on any atom is -0.206 e. The highest BCUT2D eigenvalue weighted by molar-refractivity contribution is 5.12. The lowest BCUT2D eigenvalue weighted by Crippen LogP contribution is -2.53. The Morgan fingerprint density at radius 3 is 1.61 bits per heavy atom. The van der Waals surface area contributed by atoms with Gasteiger partial charge in [-0.2, -0.15) is 13.2 Å². The van der Waals surface area contributed by atoms with E-state index >= 15 is 0 Å². The smallest absolute Gasteiger partial charge is 0.206 e. The molecule has 2 aliphatic rings. The van der Waals surface area contributed by atoms with Gasteiger partial charge in [-0.25, -0.2) is 8.78 Å². The fourth-order valence-electron chi connectivity index (χ4n) is 2.95. The van der Waals surface area contributed by atoms with Crippen LogP contribution in [0.25, 0.3) is 0 Å². The molecule has 3 atom stereocenters. The predicted molar refractivity (Wildman–Crippen MR) is 60.5 cm³/mol. The maximum atomic E-state index is 13.5. The van der Waals surface area contributed by atoms with Gasteiger partial charge in [0.25, 0.3) is 5.92 Å². The summed E-state index contributed by atoms with van der Waals surface area (Å²) in [5, 5.41) is 0. The number of hydrogen-bond donors (Lipinski definition) is 0. The molecule has 0 nitrogen and oxygen atoms in total. The lowest BCUT2D eigenvalue weighted by Gasteiger charge is -2.41. The van der Waals surface area contributed by atoms with Crippen LogP contribution in [0.5, 0.6) is 0 Å². The Morgan fingerprint density at radius 2 is 1.39 bits per heavy atom. The zero-order valence-corrected chi connectivity index (χ0v) is 11.2. The molecule has 0 radical (unpaired) electrons. The summed E-state index contributed by atoms with van der Waals surface area (Å²) in [5.41, 5.74) is -2.79. The molecule has 5 heteroatoms. The molecule has 0 spiro atoms. The summed E-state index contributed by atoms with van der Waals surface area (Å²) in [5.74, 6) is -4.68. The molecular weight excluding hydrogens is 251 g/mol. The summed E-state index contributed by atoms with van der Waals surface area (Å²) in [6.07, 6.45) is -4.24. The Balaban J connectivity index is 0.000000357. The molecule has 0 aromatic rings. The van der Waals surface area contributed by atoms with E-state index in [-0.39, 0.29) is 19.3 Å². The van der Waals surface area contributed by atoms with Crippen LogP contribution in [-0.4, -0.2) is 12.1 Å². The second-order valence-corrected chi connectivity index (χ2v) is 6.26. The molecule has 2 aliphatic carbocycles. The largest absolute Gasteiger partial charge is 0.400 e. The van der Waals surface area contributed by atoms with Crippen molar-refractivity contribution < 1.29 is 22.0 Å². The Bertz CT molecular complexity index is 291. The van der Waals surface area contributed by atoms with Crippen LogP contribution in [0.2, 0.25) is 0 Å². The van der Waals surface area contributed by atoms with Gasteiger partial charge in [0.05, 0.1) is 0 Å². The third-order valence-electron chi connectivity index (χ3n) is 4.04. The van der Waals surface area contributed by atoms with Gasteiger partial charge < -0.3 is 0 Å². The minimum atomic E-state index is -4.80. The summed E-state index contributed by atoms with van der Waals surface area (Å²) in [7, 11) is 0. The van der Waals surface area contributed by atoms with Gasteiger partial charge in [-0.3, -0.25) is 0 Å².